The molecule has 0 aliphatic carbocycles. The van der Waals surface area contributed by atoms with E-state index in [0.717, 1.165) is 0 Å². The molecule has 0 nitrogen and oxygen atoms in total. The molecular formula is C12H24Si. The molecule has 0 aromatic rings. The van der Waals surface area contributed by atoms with Crippen molar-refractivity contribution in [2.24, 2.45) is 5.41 Å². The average Bonchev–Trinajstić information content (AvgIpc) is 2.06. The third-order valence-corrected chi connectivity index (χ3v) is 7.45. The minimum atomic E-state index is -1.19. The van der Waals surface area contributed by atoms with E-state index >= 15 is 0 Å². The van der Waals surface area contributed by atoms with Crippen molar-refractivity contribution in [2.75, 3.05) is 0 Å². The summed E-state index contributed by atoms with van der Waals surface area (Å²) < 4.78 is 0. The van der Waals surface area contributed by atoms with E-state index in [1.165, 1.54) is 18.1 Å². The van der Waals surface area contributed by atoms with E-state index in [4.69, 9.17) is 0 Å². The Morgan fingerprint density at radius 3 is 1.54 bits per heavy atom. The van der Waals surface area contributed by atoms with Gasteiger partial charge in [-0.2, -0.15) is 0 Å². The molecule has 0 spiro atoms. The lowest BCUT2D eigenvalue weighted by molar-refractivity contribution is 0.571. The summed E-state index contributed by atoms with van der Waals surface area (Å²) in [7, 11) is -1.19. The van der Waals surface area contributed by atoms with Crippen LogP contribution in [0.2, 0.25) is 18.1 Å². The van der Waals surface area contributed by atoms with Crippen molar-refractivity contribution >= 4 is 8.07 Å². The van der Waals surface area contributed by atoms with Crippen LogP contribution in [-0.4, -0.2) is 8.07 Å². The first-order chi connectivity index (χ1) is 5.89. The molecule has 0 bridgehead atoms. The van der Waals surface area contributed by atoms with Crippen molar-refractivity contribution < 1.29 is 0 Å². The quantitative estimate of drug-likeness (QED) is 0.471. The molecule has 0 rings (SSSR count). The van der Waals surface area contributed by atoms with Gasteiger partial charge in [0.2, 0.25) is 0 Å². The summed E-state index contributed by atoms with van der Waals surface area (Å²) in [6.07, 6.45) is 0. The zero-order valence-electron chi connectivity index (χ0n) is 10.1. The van der Waals surface area contributed by atoms with Gasteiger partial charge in [0, 0.05) is 5.41 Å². The number of hydrogen-bond donors (Lipinski definition) is 0. The summed E-state index contributed by atoms with van der Waals surface area (Å²) in [5, 5.41) is 0. The van der Waals surface area contributed by atoms with Crippen LogP contribution in [0.5, 0.6) is 0 Å². The lowest BCUT2D eigenvalue weighted by atomic mass is 9.99. The van der Waals surface area contributed by atoms with Gasteiger partial charge in [-0.1, -0.05) is 20.8 Å². The Morgan fingerprint density at radius 1 is 0.923 bits per heavy atom. The largest absolute Gasteiger partial charge is 0.137 e. The summed E-state index contributed by atoms with van der Waals surface area (Å²) in [6.45, 7) is 13.5. The Kier molecular flexibility index (Phi) is 4.78. The lowest BCUT2D eigenvalue weighted by Crippen LogP contribution is -2.29. The van der Waals surface area contributed by atoms with Crippen molar-refractivity contribution in [3.05, 3.63) is 0 Å². The molecule has 0 saturated carbocycles. The van der Waals surface area contributed by atoms with Crippen LogP contribution in [0.1, 0.15) is 41.5 Å². The monoisotopic (exact) mass is 196 g/mol. The Balaban J connectivity index is 4.66. The average molecular weight is 196 g/mol. The molecular weight excluding hydrogens is 172 g/mol. The molecule has 13 heavy (non-hydrogen) atoms. The second kappa shape index (κ2) is 4.86. The second-order valence-electron chi connectivity index (χ2n) is 4.84. The maximum absolute atomic E-state index is 3.61. The van der Waals surface area contributed by atoms with Gasteiger partial charge in [-0.05, 0) is 38.9 Å². The molecule has 0 N–H and O–H groups in total. The minimum Gasteiger partial charge on any atom is -0.131 e. The molecule has 0 unspecified atom stereocenters. The van der Waals surface area contributed by atoms with E-state index in [2.05, 4.69) is 53.0 Å². The number of rotatable bonds is 3. The standard InChI is InChI=1S/C12H24Si/c1-7-13(8-2,9-3)11-10-12(4,5)6/h7-9H2,1-6H3. The van der Waals surface area contributed by atoms with Crippen LogP contribution in [0.25, 0.3) is 0 Å². The summed E-state index contributed by atoms with van der Waals surface area (Å²) in [5.41, 5.74) is 3.79. The van der Waals surface area contributed by atoms with Crippen molar-refractivity contribution in [3.63, 3.8) is 0 Å². The molecule has 0 fully saturated rings. The van der Waals surface area contributed by atoms with E-state index < -0.39 is 8.07 Å². The Bertz CT molecular complexity index is 187. The molecule has 0 aromatic carbocycles. The van der Waals surface area contributed by atoms with Gasteiger partial charge in [0.05, 0.1) is 0 Å². The topological polar surface area (TPSA) is 0 Å². The third kappa shape index (κ3) is 4.52. The van der Waals surface area contributed by atoms with Gasteiger partial charge in [0.25, 0.3) is 0 Å². The molecule has 0 amide bonds. The van der Waals surface area contributed by atoms with Crippen LogP contribution >= 0.6 is 0 Å². The van der Waals surface area contributed by atoms with Crippen LogP contribution in [0.15, 0.2) is 0 Å². The highest BCUT2D eigenvalue weighted by Gasteiger charge is 2.24. The normalized spacial score (nSPS) is 12.2. The fraction of sp³-hybridized carbons (Fsp3) is 0.833. The second-order valence-corrected chi connectivity index (χ2v) is 9.77. The molecule has 0 aliphatic heterocycles. The summed E-state index contributed by atoms with van der Waals surface area (Å²) in [5.74, 6) is 3.43. The van der Waals surface area contributed by atoms with Crippen LogP contribution in [-0.2, 0) is 0 Å². The first-order valence-electron chi connectivity index (χ1n) is 5.43. The van der Waals surface area contributed by atoms with Crippen molar-refractivity contribution in [3.8, 4) is 11.5 Å². The molecule has 0 saturated heterocycles. The lowest BCUT2D eigenvalue weighted by Gasteiger charge is -2.21. The van der Waals surface area contributed by atoms with Crippen molar-refractivity contribution in [2.45, 2.75) is 59.7 Å². The van der Waals surface area contributed by atoms with Gasteiger partial charge in [-0.15, -0.1) is 11.5 Å². The Labute approximate surface area is 85.1 Å². The number of hydrogen-bond acceptors (Lipinski definition) is 0. The van der Waals surface area contributed by atoms with E-state index in [9.17, 15) is 0 Å². The van der Waals surface area contributed by atoms with Gasteiger partial charge in [-0.25, -0.2) is 0 Å². The van der Waals surface area contributed by atoms with Crippen molar-refractivity contribution in [1.82, 2.24) is 0 Å². The molecule has 0 radical (unpaired) electrons. The molecule has 0 aliphatic rings. The van der Waals surface area contributed by atoms with Crippen LogP contribution in [0.3, 0.4) is 0 Å². The fourth-order valence-electron chi connectivity index (χ4n) is 1.34. The maximum Gasteiger partial charge on any atom is 0.137 e. The van der Waals surface area contributed by atoms with Gasteiger partial charge in [0.1, 0.15) is 8.07 Å². The zero-order valence-corrected chi connectivity index (χ0v) is 11.1. The minimum absolute atomic E-state index is 0.178. The van der Waals surface area contributed by atoms with Crippen LogP contribution in [0, 0.1) is 16.9 Å². The van der Waals surface area contributed by atoms with E-state index in [-0.39, 0.29) is 5.41 Å². The van der Waals surface area contributed by atoms with E-state index in [1.54, 1.807) is 0 Å². The van der Waals surface area contributed by atoms with Gasteiger partial charge < -0.3 is 0 Å². The third-order valence-electron chi connectivity index (χ3n) is 2.73. The van der Waals surface area contributed by atoms with Gasteiger partial charge in [0.15, 0.2) is 0 Å². The molecule has 0 aromatic heterocycles. The smallest absolute Gasteiger partial charge is 0.131 e. The fourth-order valence-corrected chi connectivity index (χ4v) is 4.01. The molecule has 1 heteroatoms. The first kappa shape index (κ1) is 12.8. The van der Waals surface area contributed by atoms with Crippen LogP contribution in [0.4, 0.5) is 0 Å². The van der Waals surface area contributed by atoms with E-state index in [0.29, 0.717) is 0 Å². The molecule has 0 heterocycles. The maximum atomic E-state index is 3.61. The Morgan fingerprint density at radius 2 is 1.31 bits per heavy atom. The summed E-state index contributed by atoms with van der Waals surface area (Å²) >= 11 is 0. The highest BCUT2D eigenvalue weighted by atomic mass is 28.3. The Hall–Kier alpha value is -0.223. The highest BCUT2D eigenvalue weighted by Crippen LogP contribution is 2.20. The first-order valence-corrected chi connectivity index (χ1v) is 8.05. The van der Waals surface area contributed by atoms with Crippen LogP contribution < -0.4 is 0 Å². The SMILES string of the molecule is CC[Si](C#CC(C)(C)C)(CC)CC. The zero-order chi connectivity index (χ0) is 10.5. The van der Waals surface area contributed by atoms with Gasteiger partial charge in [-0.3, -0.25) is 0 Å². The van der Waals surface area contributed by atoms with E-state index in [1.807, 2.05) is 0 Å². The van der Waals surface area contributed by atoms with Gasteiger partial charge >= 0.3 is 0 Å². The molecule has 0 atom stereocenters. The predicted molar refractivity (Wildman–Crippen MR) is 64.4 cm³/mol. The predicted octanol–water partition coefficient (Wildman–Crippen LogP) is 4.08. The highest BCUT2D eigenvalue weighted by molar-refractivity contribution is 6.87. The molecule has 76 valence electrons. The summed E-state index contributed by atoms with van der Waals surface area (Å²) in [6, 6.07) is 3.93. The summed E-state index contributed by atoms with van der Waals surface area (Å²) in [4.78, 5) is 0. The van der Waals surface area contributed by atoms with Crippen molar-refractivity contribution in [1.29, 1.82) is 0 Å².